The second kappa shape index (κ2) is 14.6. The zero-order valence-corrected chi connectivity index (χ0v) is 18.7. The van der Waals surface area contributed by atoms with Gasteiger partial charge in [0.05, 0.1) is 38.8 Å². The van der Waals surface area contributed by atoms with Gasteiger partial charge in [-0.2, -0.15) is 9.69 Å². The number of hydrogen-bond donors (Lipinski definition) is 2. The first-order chi connectivity index (χ1) is 16.2. The Morgan fingerprint density at radius 1 is 0.912 bits per heavy atom. The van der Waals surface area contributed by atoms with Crippen molar-refractivity contribution >= 4 is 35.6 Å². The SMILES string of the molecule is [C-]#[N+]C(=Cc1ccc(N(CCOC(=O)CCC(=O)O)CCOC(=O)CCC(=O)O)cc1C)[N+]#[C-]. The third kappa shape index (κ3) is 10.8. The van der Waals surface area contributed by atoms with Gasteiger partial charge in [0.25, 0.3) is 0 Å². The standard InChI is InChI=1S/C23H25N3O8/c1-16-14-18(5-4-17(16)15-19(24-2)25-3)26(10-12-33-22(31)8-6-20(27)28)11-13-34-23(32)9-7-21(29)30/h4-5,14-15H,6-13H2,1H3,(H,27,28)(H,29,30). The van der Waals surface area contributed by atoms with E-state index in [0.29, 0.717) is 11.3 Å². The molecule has 0 radical (unpaired) electrons. The summed E-state index contributed by atoms with van der Waals surface area (Å²) in [5.74, 6) is -3.58. The number of carboxylic acid groups (broad SMARTS) is 2. The summed E-state index contributed by atoms with van der Waals surface area (Å²) >= 11 is 0. The molecular formula is C23H25N3O8. The quantitative estimate of drug-likeness (QED) is 0.310. The molecule has 0 aliphatic heterocycles. The molecule has 0 atom stereocenters. The zero-order valence-electron chi connectivity index (χ0n) is 18.7. The van der Waals surface area contributed by atoms with Crippen molar-refractivity contribution in [2.24, 2.45) is 0 Å². The molecule has 0 heterocycles. The average molecular weight is 471 g/mol. The smallest absolute Gasteiger partial charge is 0.481 e. The number of nitrogens with zero attached hydrogens (tertiary/aromatic N) is 3. The van der Waals surface area contributed by atoms with Gasteiger partial charge in [-0.25, -0.2) is 0 Å². The second-order valence-electron chi connectivity index (χ2n) is 6.98. The molecular weight excluding hydrogens is 446 g/mol. The first-order valence-electron chi connectivity index (χ1n) is 10.2. The molecule has 0 bridgehead atoms. The van der Waals surface area contributed by atoms with Crippen LogP contribution >= 0.6 is 0 Å². The van der Waals surface area contributed by atoms with Crippen molar-refractivity contribution in [2.45, 2.75) is 32.6 Å². The minimum atomic E-state index is -1.10. The molecule has 0 aliphatic carbocycles. The van der Waals surface area contributed by atoms with Gasteiger partial charge in [-0.3, -0.25) is 19.2 Å². The second-order valence-corrected chi connectivity index (χ2v) is 6.98. The van der Waals surface area contributed by atoms with E-state index in [2.05, 4.69) is 9.69 Å². The van der Waals surface area contributed by atoms with Crippen LogP contribution in [0.3, 0.4) is 0 Å². The summed E-state index contributed by atoms with van der Waals surface area (Å²) < 4.78 is 10.2. The van der Waals surface area contributed by atoms with Gasteiger partial charge < -0.3 is 24.6 Å². The number of carbonyl (C=O) groups excluding carboxylic acids is 2. The van der Waals surface area contributed by atoms with Gasteiger partial charge in [0.1, 0.15) is 26.4 Å². The van der Waals surface area contributed by atoms with Gasteiger partial charge in [0.15, 0.2) is 0 Å². The maximum atomic E-state index is 11.7. The number of anilines is 1. The molecule has 0 saturated carbocycles. The minimum absolute atomic E-state index is 0.0360. The van der Waals surface area contributed by atoms with Crippen LogP contribution in [0.25, 0.3) is 15.8 Å². The highest BCUT2D eigenvalue weighted by Gasteiger charge is 2.13. The molecule has 1 aromatic carbocycles. The van der Waals surface area contributed by atoms with Crippen molar-refractivity contribution in [1.29, 1.82) is 0 Å². The van der Waals surface area contributed by atoms with Crippen LogP contribution in [0, 0.1) is 20.1 Å². The lowest BCUT2D eigenvalue weighted by atomic mass is 10.1. The first-order valence-corrected chi connectivity index (χ1v) is 10.2. The van der Waals surface area contributed by atoms with Crippen molar-refractivity contribution in [1.82, 2.24) is 0 Å². The Kier molecular flexibility index (Phi) is 11.9. The van der Waals surface area contributed by atoms with Gasteiger partial charge in [0.2, 0.25) is 0 Å². The maximum absolute atomic E-state index is 11.7. The van der Waals surface area contributed by atoms with Gasteiger partial charge in [-0.05, 0) is 30.2 Å². The molecule has 34 heavy (non-hydrogen) atoms. The summed E-state index contributed by atoms with van der Waals surface area (Å²) in [6.45, 7) is 16.2. The number of carbonyl (C=O) groups is 4. The lowest BCUT2D eigenvalue weighted by Crippen LogP contribution is -2.32. The molecule has 0 unspecified atom stereocenters. The highest BCUT2D eigenvalue weighted by Crippen LogP contribution is 2.22. The van der Waals surface area contributed by atoms with E-state index in [-0.39, 0.29) is 57.8 Å². The van der Waals surface area contributed by atoms with Gasteiger partial charge in [-0.15, -0.1) is 0 Å². The fourth-order valence-corrected chi connectivity index (χ4v) is 2.72. The maximum Gasteiger partial charge on any atom is 0.519 e. The van der Waals surface area contributed by atoms with Crippen molar-refractivity contribution in [3.8, 4) is 0 Å². The van der Waals surface area contributed by atoms with E-state index in [0.717, 1.165) is 5.56 Å². The summed E-state index contributed by atoms with van der Waals surface area (Å²) in [6, 6.07) is 5.27. The van der Waals surface area contributed by atoms with Crippen LogP contribution in [0.1, 0.15) is 36.8 Å². The molecule has 180 valence electrons. The summed E-state index contributed by atoms with van der Waals surface area (Å²) in [6.07, 6.45) is 0.306. The van der Waals surface area contributed by atoms with E-state index >= 15 is 0 Å². The van der Waals surface area contributed by atoms with E-state index in [1.54, 1.807) is 30.0 Å². The van der Waals surface area contributed by atoms with Crippen LogP contribution in [-0.4, -0.2) is 60.4 Å². The molecule has 0 spiro atoms. The Bertz CT molecular complexity index is 968. The van der Waals surface area contributed by atoms with Crippen molar-refractivity contribution < 1.29 is 38.9 Å². The van der Waals surface area contributed by atoms with E-state index in [1.807, 2.05) is 0 Å². The van der Waals surface area contributed by atoms with Gasteiger partial charge in [-0.1, -0.05) is 6.07 Å². The molecule has 1 rings (SSSR count). The molecule has 0 aliphatic rings. The number of aryl methyl sites for hydroxylation is 1. The molecule has 0 fully saturated rings. The van der Waals surface area contributed by atoms with Crippen LogP contribution in [0.5, 0.6) is 0 Å². The summed E-state index contributed by atoms with van der Waals surface area (Å²) in [7, 11) is 0. The van der Waals surface area contributed by atoms with E-state index in [4.69, 9.17) is 32.8 Å². The Morgan fingerprint density at radius 3 is 1.82 bits per heavy atom. The summed E-state index contributed by atoms with van der Waals surface area (Å²) in [5.41, 5.74) is 2.17. The highest BCUT2D eigenvalue weighted by molar-refractivity contribution is 5.77. The fraction of sp³-hybridized carbons (Fsp3) is 0.391. The third-order valence-electron chi connectivity index (χ3n) is 4.47. The number of carboxylic acids is 2. The Hall–Kier alpha value is -4.38. The topological polar surface area (TPSA) is 139 Å². The van der Waals surface area contributed by atoms with Crippen LogP contribution < -0.4 is 4.90 Å². The lowest BCUT2D eigenvalue weighted by molar-refractivity contribution is -0.147. The lowest BCUT2D eigenvalue weighted by Gasteiger charge is -2.25. The van der Waals surface area contributed by atoms with Crippen molar-refractivity contribution in [3.63, 3.8) is 0 Å². The molecule has 1 aromatic rings. The van der Waals surface area contributed by atoms with Crippen LogP contribution in [0.2, 0.25) is 0 Å². The average Bonchev–Trinajstić information content (AvgIpc) is 2.79. The fourth-order valence-electron chi connectivity index (χ4n) is 2.72. The number of benzene rings is 1. The predicted octanol–water partition coefficient (Wildman–Crippen LogP) is 2.75. The Labute approximate surface area is 196 Å². The molecule has 2 N–H and O–H groups in total. The predicted molar refractivity (Wildman–Crippen MR) is 120 cm³/mol. The van der Waals surface area contributed by atoms with Crippen LogP contribution in [-0.2, 0) is 28.7 Å². The number of aliphatic carboxylic acids is 2. The first kappa shape index (κ1) is 27.7. The monoisotopic (exact) mass is 471 g/mol. The zero-order chi connectivity index (χ0) is 25.5. The Morgan fingerprint density at radius 2 is 1.41 bits per heavy atom. The van der Waals surface area contributed by atoms with Gasteiger partial charge >= 0.3 is 29.7 Å². The normalized spacial score (nSPS) is 9.74. The summed E-state index contributed by atoms with van der Waals surface area (Å²) in [4.78, 5) is 52.6. The van der Waals surface area contributed by atoms with Crippen LogP contribution in [0.15, 0.2) is 24.0 Å². The van der Waals surface area contributed by atoms with E-state index in [9.17, 15) is 19.2 Å². The largest absolute Gasteiger partial charge is 0.519 e. The van der Waals surface area contributed by atoms with E-state index in [1.165, 1.54) is 6.08 Å². The van der Waals surface area contributed by atoms with Gasteiger partial charge in [0, 0.05) is 11.8 Å². The molecule has 11 nitrogen and oxygen atoms in total. The number of rotatable bonds is 14. The molecule has 0 saturated heterocycles. The van der Waals surface area contributed by atoms with E-state index < -0.39 is 23.9 Å². The molecule has 0 amide bonds. The molecule has 11 heteroatoms. The number of hydrogen-bond acceptors (Lipinski definition) is 7. The summed E-state index contributed by atoms with van der Waals surface area (Å²) in [5, 5.41) is 17.3. The minimum Gasteiger partial charge on any atom is -0.481 e. The van der Waals surface area contributed by atoms with Crippen molar-refractivity contribution in [3.05, 3.63) is 58.0 Å². The highest BCUT2D eigenvalue weighted by atomic mass is 16.5. The number of ether oxygens (including phenoxy) is 2. The Balaban J connectivity index is 2.87. The third-order valence-corrected chi connectivity index (χ3v) is 4.47. The number of esters is 2. The van der Waals surface area contributed by atoms with Crippen molar-refractivity contribution in [2.75, 3.05) is 31.2 Å². The van der Waals surface area contributed by atoms with Crippen LogP contribution in [0.4, 0.5) is 5.69 Å². The molecule has 0 aromatic heterocycles.